The molecule has 2 aromatic rings. The molecule has 0 aliphatic rings. The molecule has 0 saturated carbocycles. The molecular formula is C16H21N3O. The summed E-state index contributed by atoms with van der Waals surface area (Å²) in [4.78, 5) is 9.23. The number of aromatic nitrogens is 2. The van der Waals surface area contributed by atoms with Crippen LogP contribution in [0.5, 0.6) is 5.75 Å². The number of nitrogens with zero attached hydrogens (tertiary/aromatic N) is 2. The lowest BCUT2D eigenvalue weighted by Gasteiger charge is -2.12. The fourth-order valence-corrected chi connectivity index (χ4v) is 2.34. The van der Waals surface area contributed by atoms with Crippen molar-refractivity contribution in [1.82, 2.24) is 15.3 Å². The second kappa shape index (κ2) is 6.48. The van der Waals surface area contributed by atoms with Crippen LogP contribution >= 0.6 is 0 Å². The second-order valence-corrected chi connectivity index (χ2v) is 4.81. The summed E-state index contributed by atoms with van der Waals surface area (Å²) in [5.41, 5.74) is 4.36. The maximum atomic E-state index is 5.37. The number of methoxy groups -OCH3 is 1. The van der Waals surface area contributed by atoms with Gasteiger partial charge in [-0.05, 0) is 27.0 Å². The normalized spacial score (nSPS) is 10.6. The van der Waals surface area contributed by atoms with Gasteiger partial charge < -0.3 is 10.1 Å². The molecule has 0 fully saturated rings. The zero-order valence-corrected chi connectivity index (χ0v) is 12.5. The van der Waals surface area contributed by atoms with Crippen molar-refractivity contribution in [2.75, 3.05) is 14.2 Å². The van der Waals surface area contributed by atoms with E-state index in [-0.39, 0.29) is 0 Å². The summed E-state index contributed by atoms with van der Waals surface area (Å²) in [5, 5.41) is 3.15. The molecular weight excluding hydrogens is 250 g/mol. The van der Waals surface area contributed by atoms with E-state index in [9.17, 15) is 0 Å². The number of hydrogen-bond donors (Lipinski definition) is 1. The summed E-state index contributed by atoms with van der Waals surface area (Å²) in [6.07, 6.45) is 0.686. The number of para-hydroxylation sites is 1. The van der Waals surface area contributed by atoms with Crippen molar-refractivity contribution >= 4 is 0 Å². The molecule has 4 nitrogen and oxygen atoms in total. The third kappa shape index (κ3) is 3.14. The zero-order valence-electron chi connectivity index (χ0n) is 12.5. The maximum Gasteiger partial charge on any atom is 0.133 e. The van der Waals surface area contributed by atoms with Gasteiger partial charge in [0.15, 0.2) is 0 Å². The Kier molecular flexibility index (Phi) is 4.69. The molecule has 0 spiro atoms. The molecule has 1 N–H and O–H groups in total. The van der Waals surface area contributed by atoms with Crippen molar-refractivity contribution in [3.8, 4) is 5.75 Å². The van der Waals surface area contributed by atoms with Crippen LogP contribution in [0.3, 0.4) is 0 Å². The molecule has 0 aliphatic heterocycles. The molecule has 0 unspecified atom stereocenters. The molecule has 0 radical (unpaired) electrons. The van der Waals surface area contributed by atoms with Gasteiger partial charge in [-0.25, -0.2) is 9.97 Å². The first kappa shape index (κ1) is 14.5. The Morgan fingerprint density at radius 2 is 1.75 bits per heavy atom. The Bertz CT molecular complexity index is 573. The average Bonchev–Trinajstić information content (AvgIpc) is 2.43. The van der Waals surface area contributed by atoms with Crippen molar-refractivity contribution in [1.29, 1.82) is 0 Å². The number of rotatable bonds is 5. The van der Waals surface area contributed by atoms with Gasteiger partial charge >= 0.3 is 0 Å². The van der Waals surface area contributed by atoms with Crippen LogP contribution < -0.4 is 10.1 Å². The molecule has 0 aliphatic carbocycles. The van der Waals surface area contributed by atoms with Gasteiger partial charge in [0, 0.05) is 35.5 Å². The predicted molar refractivity (Wildman–Crippen MR) is 80.1 cm³/mol. The lowest BCUT2D eigenvalue weighted by molar-refractivity contribution is 0.410. The third-order valence-corrected chi connectivity index (χ3v) is 3.36. The highest BCUT2D eigenvalue weighted by Crippen LogP contribution is 2.20. The van der Waals surface area contributed by atoms with Gasteiger partial charge in [0.25, 0.3) is 0 Å². The van der Waals surface area contributed by atoms with Crippen molar-refractivity contribution in [2.45, 2.75) is 26.8 Å². The van der Waals surface area contributed by atoms with E-state index in [2.05, 4.69) is 15.3 Å². The Labute approximate surface area is 120 Å². The fraction of sp³-hybridized carbons (Fsp3) is 0.375. The monoisotopic (exact) mass is 271 g/mol. The van der Waals surface area contributed by atoms with Crippen LogP contribution in [0, 0.1) is 13.8 Å². The number of nitrogens with one attached hydrogen (secondary N) is 1. The summed E-state index contributed by atoms with van der Waals surface area (Å²) < 4.78 is 5.37. The first-order chi connectivity index (χ1) is 9.65. The number of ether oxygens (including phenoxy) is 1. The highest BCUT2D eigenvalue weighted by molar-refractivity contribution is 5.36. The van der Waals surface area contributed by atoms with Crippen LogP contribution in [0.15, 0.2) is 24.3 Å². The second-order valence-electron chi connectivity index (χ2n) is 4.81. The molecule has 106 valence electrons. The standard InChI is InChI=1S/C16H21N3O/c1-11-14(10-17-3)12(2)19-16(18-11)9-13-7-5-6-8-15(13)20-4/h5-8,17H,9-10H2,1-4H3. The topological polar surface area (TPSA) is 47.0 Å². The van der Waals surface area contributed by atoms with Crippen molar-refractivity contribution in [3.05, 3.63) is 52.6 Å². The molecule has 4 heteroatoms. The van der Waals surface area contributed by atoms with Gasteiger partial charge in [-0.2, -0.15) is 0 Å². The van der Waals surface area contributed by atoms with E-state index in [1.807, 2.05) is 45.2 Å². The van der Waals surface area contributed by atoms with Crippen LogP contribution in [-0.2, 0) is 13.0 Å². The van der Waals surface area contributed by atoms with E-state index >= 15 is 0 Å². The molecule has 0 saturated heterocycles. The van der Waals surface area contributed by atoms with Crippen molar-refractivity contribution < 1.29 is 4.74 Å². The lowest BCUT2D eigenvalue weighted by atomic mass is 10.1. The predicted octanol–water partition coefficient (Wildman–Crippen LogP) is 2.41. The van der Waals surface area contributed by atoms with Crippen LogP contribution in [-0.4, -0.2) is 24.1 Å². The quantitative estimate of drug-likeness (QED) is 0.907. The maximum absolute atomic E-state index is 5.37. The summed E-state index contributed by atoms with van der Waals surface area (Å²) in [6.45, 7) is 4.87. The molecule has 0 bridgehead atoms. The average molecular weight is 271 g/mol. The summed E-state index contributed by atoms with van der Waals surface area (Å²) in [6, 6.07) is 7.99. The van der Waals surface area contributed by atoms with Gasteiger partial charge in [-0.3, -0.25) is 0 Å². The van der Waals surface area contributed by atoms with Crippen LogP contribution in [0.2, 0.25) is 0 Å². The van der Waals surface area contributed by atoms with Crippen LogP contribution in [0.4, 0.5) is 0 Å². The zero-order chi connectivity index (χ0) is 14.5. The first-order valence-electron chi connectivity index (χ1n) is 6.75. The van der Waals surface area contributed by atoms with E-state index in [0.29, 0.717) is 6.42 Å². The number of hydrogen-bond acceptors (Lipinski definition) is 4. The summed E-state index contributed by atoms with van der Waals surface area (Å²) >= 11 is 0. The third-order valence-electron chi connectivity index (χ3n) is 3.36. The van der Waals surface area contributed by atoms with E-state index < -0.39 is 0 Å². The van der Waals surface area contributed by atoms with Crippen LogP contribution in [0.1, 0.15) is 28.3 Å². The molecule has 1 aromatic heterocycles. The highest BCUT2D eigenvalue weighted by atomic mass is 16.5. The molecule has 0 amide bonds. The molecule has 1 aromatic carbocycles. The first-order valence-corrected chi connectivity index (χ1v) is 6.75. The SMILES string of the molecule is CNCc1c(C)nc(Cc2ccccc2OC)nc1C. The largest absolute Gasteiger partial charge is 0.496 e. The Balaban J connectivity index is 2.30. The molecule has 20 heavy (non-hydrogen) atoms. The lowest BCUT2D eigenvalue weighted by Crippen LogP contribution is -2.12. The minimum atomic E-state index is 0.686. The highest BCUT2D eigenvalue weighted by Gasteiger charge is 2.10. The van der Waals surface area contributed by atoms with E-state index in [1.165, 1.54) is 5.56 Å². The van der Waals surface area contributed by atoms with Gasteiger partial charge in [-0.15, -0.1) is 0 Å². The Morgan fingerprint density at radius 3 is 2.35 bits per heavy atom. The summed E-state index contributed by atoms with van der Waals surface area (Å²) in [7, 11) is 3.62. The van der Waals surface area contributed by atoms with Gasteiger partial charge in [0.2, 0.25) is 0 Å². The van der Waals surface area contributed by atoms with E-state index in [1.54, 1.807) is 7.11 Å². The molecule has 1 heterocycles. The number of benzene rings is 1. The van der Waals surface area contributed by atoms with E-state index in [0.717, 1.165) is 35.1 Å². The minimum absolute atomic E-state index is 0.686. The fourth-order valence-electron chi connectivity index (χ4n) is 2.34. The van der Waals surface area contributed by atoms with Gasteiger partial charge in [0.05, 0.1) is 7.11 Å². The van der Waals surface area contributed by atoms with Gasteiger partial charge in [-0.1, -0.05) is 18.2 Å². The van der Waals surface area contributed by atoms with Crippen molar-refractivity contribution in [3.63, 3.8) is 0 Å². The van der Waals surface area contributed by atoms with E-state index in [4.69, 9.17) is 4.74 Å². The molecule has 0 atom stereocenters. The Morgan fingerprint density at radius 1 is 1.10 bits per heavy atom. The van der Waals surface area contributed by atoms with Gasteiger partial charge in [0.1, 0.15) is 11.6 Å². The Hall–Kier alpha value is -1.94. The molecule has 2 rings (SSSR count). The van der Waals surface area contributed by atoms with Crippen molar-refractivity contribution in [2.24, 2.45) is 0 Å². The smallest absolute Gasteiger partial charge is 0.133 e. The number of aryl methyl sites for hydroxylation is 2. The summed E-state index contributed by atoms with van der Waals surface area (Å²) in [5.74, 6) is 1.72. The minimum Gasteiger partial charge on any atom is -0.496 e. The van der Waals surface area contributed by atoms with Crippen LogP contribution in [0.25, 0.3) is 0 Å².